The third-order valence-corrected chi connectivity index (χ3v) is 3.49. The third-order valence-electron chi connectivity index (χ3n) is 3.04. The summed E-state index contributed by atoms with van der Waals surface area (Å²) in [6.45, 7) is 7.29. The van der Waals surface area contributed by atoms with E-state index in [-0.39, 0.29) is 12.0 Å². The average molecular weight is 320 g/mol. The molecule has 0 N–H and O–H groups in total. The Kier molecular flexibility index (Phi) is 5.67. The van der Waals surface area contributed by atoms with E-state index in [9.17, 15) is 13.2 Å². The van der Waals surface area contributed by atoms with Gasteiger partial charge in [-0.15, -0.1) is 0 Å². The Labute approximate surface area is 126 Å². The van der Waals surface area contributed by atoms with Gasteiger partial charge in [-0.25, -0.2) is 4.79 Å². The van der Waals surface area contributed by atoms with Crippen LogP contribution in [0, 0.1) is 5.92 Å². The van der Waals surface area contributed by atoms with Crippen LogP contribution >= 0.6 is 0 Å². The highest BCUT2D eigenvalue weighted by atomic mass is 32.2. The topological polar surface area (TPSA) is 78.9 Å². The molecule has 1 saturated carbocycles. The summed E-state index contributed by atoms with van der Waals surface area (Å²) >= 11 is 0. The van der Waals surface area contributed by atoms with Crippen LogP contribution in [-0.2, 0) is 23.8 Å². The largest absolute Gasteiger partial charge is 0.509 e. The van der Waals surface area contributed by atoms with Crippen LogP contribution in [0.1, 0.15) is 47.0 Å². The van der Waals surface area contributed by atoms with Crippen molar-refractivity contribution in [2.24, 2.45) is 5.92 Å². The van der Waals surface area contributed by atoms with Crippen molar-refractivity contribution in [3.63, 3.8) is 0 Å². The smallest absolute Gasteiger partial charge is 0.431 e. The lowest BCUT2D eigenvalue weighted by Crippen LogP contribution is -2.30. The number of ether oxygens (including phenoxy) is 2. The van der Waals surface area contributed by atoms with Gasteiger partial charge in [-0.2, -0.15) is 8.42 Å². The minimum Gasteiger partial charge on any atom is -0.431 e. The normalized spacial score (nSPS) is 25.5. The summed E-state index contributed by atoms with van der Waals surface area (Å²) in [6, 6.07) is 0. The zero-order valence-electron chi connectivity index (χ0n) is 13.2. The number of hydrogen-bond acceptors (Lipinski definition) is 6. The maximum atomic E-state index is 11.6. The van der Waals surface area contributed by atoms with Crippen molar-refractivity contribution in [3.05, 3.63) is 11.8 Å². The second-order valence-electron chi connectivity index (χ2n) is 6.38. The van der Waals surface area contributed by atoms with Crippen LogP contribution in [0.15, 0.2) is 11.8 Å². The lowest BCUT2D eigenvalue weighted by Gasteiger charge is -2.29. The molecule has 0 aromatic rings. The van der Waals surface area contributed by atoms with Crippen LogP contribution in [0.5, 0.6) is 0 Å². The fourth-order valence-electron chi connectivity index (χ4n) is 2.01. The average Bonchev–Trinajstić information content (AvgIpc) is 2.26. The first-order valence-corrected chi connectivity index (χ1v) is 8.75. The third kappa shape index (κ3) is 7.36. The fraction of sp³-hybridized carbons (Fsp3) is 0.786. The second kappa shape index (κ2) is 6.68. The van der Waals surface area contributed by atoms with Crippen LogP contribution < -0.4 is 0 Å². The first kappa shape index (κ1) is 17.8. The van der Waals surface area contributed by atoms with Crippen molar-refractivity contribution in [3.8, 4) is 0 Å². The van der Waals surface area contributed by atoms with E-state index in [0.29, 0.717) is 6.42 Å². The Balaban J connectivity index is 2.61. The molecule has 1 aliphatic rings. The van der Waals surface area contributed by atoms with Crippen LogP contribution in [0.25, 0.3) is 0 Å². The van der Waals surface area contributed by atoms with Crippen molar-refractivity contribution >= 4 is 16.3 Å². The molecule has 122 valence electrons. The molecule has 0 spiro atoms. The molecule has 0 aromatic carbocycles. The summed E-state index contributed by atoms with van der Waals surface area (Å²) in [5.41, 5.74) is 0.220. The predicted molar refractivity (Wildman–Crippen MR) is 78.1 cm³/mol. The summed E-state index contributed by atoms with van der Waals surface area (Å²) < 4.78 is 37.1. The van der Waals surface area contributed by atoms with Crippen molar-refractivity contribution in [1.29, 1.82) is 0 Å². The van der Waals surface area contributed by atoms with E-state index >= 15 is 0 Å². The molecule has 0 saturated heterocycles. The Bertz CT molecular complexity index is 500. The zero-order valence-corrected chi connectivity index (χ0v) is 14.0. The van der Waals surface area contributed by atoms with E-state index in [1.165, 1.54) is 6.26 Å². The monoisotopic (exact) mass is 320 g/mol. The van der Waals surface area contributed by atoms with E-state index in [1.807, 2.05) is 6.92 Å². The minimum absolute atomic E-state index is 0.199. The Morgan fingerprint density at radius 1 is 1.29 bits per heavy atom. The summed E-state index contributed by atoms with van der Waals surface area (Å²) in [4.78, 5) is 11.6. The quantitative estimate of drug-likeness (QED) is 0.452. The molecule has 7 heteroatoms. The molecule has 2 atom stereocenters. The van der Waals surface area contributed by atoms with Crippen molar-refractivity contribution in [2.45, 2.75) is 58.7 Å². The first-order valence-electron chi connectivity index (χ1n) is 6.93. The van der Waals surface area contributed by atoms with Gasteiger partial charge in [0, 0.05) is 6.42 Å². The number of carbonyl (C=O) groups excluding carboxylic acids is 1. The molecule has 1 aliphatic carbocycles. The van der Waals surface area contributed by atoms with Gasteiger partial charge < -0.3 is 13.7 Å². The van der Waals surface area contributed by atoms with E-state index < -0.39 is 21.9 Å². The van der Waals surface area contributed by atoms with E-state index in [2.05, 4.69) is 0 Å². The second-order valence-corrected chi connectivity index (χ2v) is 7.98. The summed E-state index contributed by atoms with van der Waals surface area (Å²) in [5, 5.41) is 0. The zero-order chi connectivity index (χ0) is 16.3. The summed E-state index contributed by atoms with van der Waals surface area (Å²) in [5.74, 6) is 0.199. The van der Waals surface area contributed by atoms with Gasteiger partial charge in [0.2, 0.25) is 0 Å². The van der Waals surface area contributed by atoms with E-state index in [1.54, 1.807) is 20.8 Å². The molecule has 21 heavy (non-hydrogen) atoms. The van der Waals surface area contributed by atoms with E-state index in [0.717, 1.165) is 24.7 Å². The van der Waals surface area contributed by atoms with Gasteiger partial charge in [0.15, 0.2) is 0 Å². The molecule has 2 unspecified atom stereocenters. The van der Waals surface area contributed by atoms with Gasteiger partial charge in [0.1, 0.15) is 18.0 Å². The van der Waals surface area contributed by atoms with Gasteiger partial charge in [-0.3, -0.25) is 0 Å². The fourth-order valence-corrected chi connectivity index (χ4v) is 2.31. The van der Waals surface area contributed by atoms with Crippen LogP contribution in [0.4, 0.5) is 4.79 Å². The highest BCUT2D eigenvalue weighted by Crippen LogP contribution is 2.31. The summed E-state index contributed by atoms with van der Waals surface area (Å²) in [7, 11) is -3.52. The number of carbonyl (C=O) groups is 1. The van der Waals surface area contributed by atoms with Gasteiger partial charge in [-0.05, 0) is 45.1 Å². The number of hydrogen-bond donors (Lipinski definition) is 0. The molecule has 0 bridgehead atoms. The van der Waals surface area contributed by atoms with Gasteiger partial charge in [-0.1, -0.05) is 6.92 Å². The van der Waals surface area contributed by atoms with Crippen molar-refractivity contribution < 1.29 is 26.9 Å². The Morgan fingerprint density at radius 3 is 2.43 bits per heavy atom. The van der Waals surface area contributed by atoms with E-state index in [4.69, 9.17) is 13.7 Å². The molecule has 1 fully saturated rings. The van der Waals surface area contributed by atoms with Gasteiger partial charge >= 0.3 is 16.3 Å². The number of rotatable bonds is 3. The lowest BCUT2D eigenvalue weighted by atomic mass is 9.84. The molecule has 6 nitrogen and oxygen atoms in total. The van der Waals surface area contributed by atoms with Crippen molar-refractivity contribution in [1.82, 2.24) is 0 Å². The predicted octanol–water partition coefficient (Wildman–Crippen LogP) is 2.99. The molecule has 0 heterocycles. The molecular weight excluding hydrogens is 296 g/mol. The minimum atomic E-state index is -3.52. The van der Waals surface area contributed by atoms with Crippen molar-refractivity contribution in [2.75, 3.05) is 6.26 Å². The van der Waals surface area contributed by atoms with Gasteiger partial charge in [0.25, 0.3) is 0 Å². The molecule has 0 aromatic heterocycles. The highest BCUT2D eigenvalue weighted by molar-refractivity contribution is 7.86. The molecule has 0 aliphatic heterocycles. The van der Waals surface area contributed by atoms with Gasteiger partial charge in [0.05, 0.1) is 6.26 Å². The summed E-state index contributed by atoms with van der Waals surface area (Å²) in [6.07, 6.45) is 3.20. The molecule has 1 rings (SSSR count). The molecule has 0 amide bonds. The molecule has 0 radical (unpaired) electrons. The Hall–Kier alpha value is -1.24. The first-order chi connectivity index (χ1) is 9.46. The molecular formula is C14H24O6S. The maximum Gasteiger partial charge on any atom is 0.509 e. The van der Waals surface area contributed by atoms with Crippen LogP contribution in [-0.4, -0.2) is 32.5 Å². The lowest BCUT2D eigenvalue weighted by molar-refractivity contribution is -0.0318. The SMILES string of the molecule is CC1CCC(OC(=O)OC(C)(C)C)C/C1=C/OS(C)(=O)=O. The maximum absolute atomic E-state index is 11.6. The Morgan fingerprint density at radius 2 is 1.90 bits per heavy atom. The standard InChI is InChI=1S/C14H24O6S/c1-10-6-7-12(19-13(15)20-14(2,3)4)8-11(10)9-18-21(5,16)17/h9-10,12H,6-8H2,1-5H3/b11-9-. The van der Waals surface area contributed by atoms with Crippen LogP contribution in [0.2, 0.25) is 0 Å². The highest BCUT2D eigenvalue weighted by Gasteiger charge is 2.28. The van der Waals surface area contributed by atoms with Crippen LogP contribution in [0.3, 0.4) is 0 Å².